The Morgan fingerprint density at radius 1 is 0.639 bits per heavy atom. The summed E-state index contributed by atoms with van der Waals surface area (Å²) in [6.07, 6.45) is 0. The van der Waals surface area contributed by atoms with Gasteiger partial charge in [-0.15, -0.1) is 22.7 Å². The lowest BCUT2D eigenvalue weighted by atomic mass is 10.0. The van der Waals surface area contributed by atoms with Crippen LogP contribution in [0.3, 0.4) is 0 Å². The van der Waals surface area contributed by atoms with Gasteiger partial charge in [-0.1, -0.05) is 44.2 Å². The number of fused-ring (bicyclic) bond motifs is 4. The number of nitro benzene ring substituents is 1. The molecular weight excluding hydrogens is 490 g/mol. The molecule has 6 rings (SSSR count). The van der Waals surface area contributed by atoms with Crippen molar-refractivity contribution in [3.8, 4) is 0 Å². The lowest BCUT2D eigenvalue weighted by Gasteiger charge is -2.07. The monoisotopic (exact) mass is 511 g/mol. The second-order valence-corrected chi connectivity index (χ2v) is 10.9. The van der Waals surface area contributed by atoms with E-state index in [9.17, 15) is 19.7 Å². The fourth-order valence-corrected chi connectivity index (χ4v) is 6.19. The molecule has 0 saturated carbocycles. The molecular formula is C29H21NO4S2. The van der Waals surface area contributed by atoms with Crippen LogP contribution in [0.25, 0.3) is 40.3 Å². The van der Waals surface area contributed by atoms with Gasteiger partial charge in [0.15, 0.2) is 10.9 Å². The highest BCUT2D eigenvalue weighted by Gasteiger charge is 2.11. The van der Waals surface area contributed by atoms with Crippen LogP contribution in [0, 0.1) is 10.1 Å². The quantitative estimate of drug-likeness (QED) is 0.135. The van der Waals surface area contributed by atoms with E-state index in [-0.39, 0.29) is 16.5 Å². The van der Waals surface area contributed by atoms with Crippen LogP contribution >= 0.6 is 22.7 Å². The van der Waals surface area contributed by atoms with E-state index in [0.717, 1.165) is 29.6 Å². The zero-order valence-electron chi connectivity index (χ0n) is 19.6. The van der Waals surface area contributed by atoms with Crippen LogP contribution in [0.2, 0.25) is 0 Å². The van der Waals surface area contributed by atoms with Gasteiger partial charge in [-0.05, 0) is 53.9 Å². The number of hydrogen-bond donors (Lipinski definition) is 0. The van der Waals surface area contributed by atoms with E-state index in [0.29, 0.717) is 16.7 Å². The summed E-state index contributed by atoms with van der Waals surface area (Å²) >= 11 is 3.15. The van der Waals surface area contributed by atoms with Crippen molar-refractivity contribution in [2.75, 3.05) is 0 Å². The summed E-state index contributed by atoms with van der Waals surface area (Å²) < 4.78 is 3.79. The third kappa shape index (κ3) is 4.39. The fourth-order valence-electron chi connectivity index (χ4n) is 4.08. The first-order valence-electron chi connectivity index (χ1n) is 11.4. The summed E-state index contributed by atoms with van der Waals surface area (Å²) in [4.78, 5) is 35.0. The van der Waals surface area contributed by atoms with Crippen molar-refractivity contribution in [3.05, 3.63) is 121 Å². The standard InChI is InChI=1S/C16H14OS.C13H7NO3S/c1-10(2)11-7-8-15-13(9-11)16(17)12-5-3-4-6-14(12)18-15;15-13-9-3-1-2-4-11(9)18-12-6-5-8(14(16)17)7-10(12)13/h3-10H,1-2H3;1-7H. The molecule has 0 aliphatic carbocycles. The molecule has 0 unspecified atom stereocenters. The van der Waals surface area contributed by atoms with Crippen molar-refractivity contribution in [1.82, 2.24) is 0 Å². The van der Waals surface area contributed by atoms with Gasteiger partial charge in [0.2, 0.25) is 0 Å². The van der Waals surface area contributed by atoms with Crippen LogP contribution in [0.5, 0.6) is 0 Å². The molecule has 0 spiro atoms. The highest BCUT2D eigenvalue weighted by atomic mass is 32.1. The van der Waals surface area contributed by atoms with Crippen LogP contribution in [-0.4, -0.2) is 4.92 Å². The molecule has 0 aliphatic heterocycles. The molecule has 0 aliphatic rings. The van der Waals surface area contributed by atoms with Crippen LogP contribution in [0.15, 0.2) is 94.5 Å². The van der Waals surface area contributed by atoms with Gasteiger partial charge in [0.1, 0.15) is 0 Å². The zero-order chi connectivity index (χ0) is 25.4. The number of hydrogen-bond acceptors (Lipinski definition) is 6. The molecule has 0 radical (unpaired) electrons. The van der Waals surface area contributed by atoms with Crippen molar-refractivity contribution in [2.24, 2.45) is 0 Å². The lowest BCUT2D eigenvalue weighted by molar-refractivity contribution is -0.384. The maximum atomic E-state index is 12.5. The van der Waals surface area contributed by atoms with Gasteiger partial charge in [-0.25, -0.2) is 0 Å². The van der Waals surface area contributed by atoms with E-state index in [1.807, 2.05) is 42.5 Å². The van der Waals surface area contributed by atoms with Gasteiger partial charge in [0.25, 0.3) is 5.69 Å². The first kappa shape index (κ1) is 23.8. The Hall–Kier alpha value is -3.94. The maximum Gasteiger partial charge on any atom is 0.270 e. The Bertz CT molecular complexity index is 1900. The maximum absolute atomic E-state index is 12.5. The smallest absolute Gasteiger partial charge is 0.270 e. The summed E-state index contributed by atoms with van der Waals surface area (Å²) in [5, 5.41) is 13.4. The third-order valence-corrected chi connectivity index (χ3v) is 8.34. The molecule has 2 aromatic heterocycles. The third-order valence-electron chi connectivity index (χ3n) is 6.04. The summed E-state index contributed by atoms with van der Waals surface area (Å²) in [5.41, 5.74) is 1.18. The number of nitrogens with zero attached hydrogens (tertiary/aromatic N) is 1. The first-order chi connectivity index (χ1) is 17.3. The fraction of sp³-hybridized carbons (Fsp3) is 0.103. The van der Waals surface area contributed by atoms with Crippen molar-refractivity contribution < 1.29 is 4.92 Å². The molecule has 7 heteroatoms. The van der Waals surface area contributed by atoms with Crippen molar-refractivity contribution in [3.63, 3.8) is 0 Å². The molecule has 178 valence electrons. The number of rotatable bonds is 2. The van der Waals surface area contributed by atoms with Crippen molar-refractivity contribution >= 4 is 68.7 Å². The first-order valence-corrected chi connectivity index (χ1v) is 13.0. The Labute approximate surface area is 214 Å². The SMILES string of the molecule is CC(C)c1ccc2sc3ccccc3c(=O)c2c1.O=c1c2ccccc2sc2ccc([N+](=O)[O-])cc12. The molecule has 0 N–H and O–H groups in total. The Kier molecular flexibility index (Phi) is 6.35. The average molecular weight is 512 g/mol. The van der Waals surface area contributed by atoms with E-state index in [4.69, 9.17) is 0 Å². The molecule has 36 heavy (non-hydrogen) atoms. The van der Waals surface area contributed by atoms with E-state index >= 15 is 0 Å². The normalized spacial score (nSPS) is 11.2. The van der Waals surface area contributed by atoms with Crippen molar-refractivity contribution in [2.45, 2.75) is 19.8 Å². The molecule has 5 nitrogen and oxygen atoms in total. The number of benzene rings is 4. The summed E-state index contributed by atoms with van der Waals surface area (Å²) in [7, 11) is 0. The van der Waals surface area contributed by atoms with Crippen LogP contribution in [0.4, 0.5) is 5.69 Å². The minimum Gasteiger partial charge on any atom is -0.289 e. The number of non-ortho nitro benzene ring substituents is 1. The molecule has 2 heterocycles. The molecule has 6 aromatic rings. The largest absolute Gasteiger partial charge is 0.289 e. The lowest BCUT2D eigenvalue weighted by Crippen LogP contribution is -2.01. The van der Waals surface area contributed by atoms with E-state index in [2.05, 4.69) is 26.0 Å². The van der Waals surface area contributed by atoms with Gasteiger partial charge in [0, 0.05) is 52.5 Å². The molecule has 0 amide bonds. The summed E-state index contributed by atoms with van der Waals surface area (Å²) in [5.74, 6) is 0.449. The summed E-state index contributed by atoms with van der Waals surface area (Å²) in [6, 6.07) is 25.8. The van der Waals surface area contributed by atoms with Gasteiger partial charge in [0.05, 0.1) is 4.92 Å². The second-order valence-electron chi connectivity index (χ2n) is 8.70. The predicted octanol–water partition coefficient (Wildman–Crippen LogP) is 7.86. The average Bonchev–Trinajstić information content (AvgIpc) is 2.89. The number of nitro groups is 1. The highest BCUT2D eigenvalue weighted by molar-refractivity contribution is 7.24. The molecule has 4 aromatic carbocycles. The topological polar surface area (TPSA) is 77.3 Å². The minimum absolute atomic E-state index is 0.0536. The highest BCUT2D eigenvalue weighted by Crippen LogP contribution is 2.28. The van der Waals surface area contributed by atoms with Crippen LogP contribution in [0.1, 0.15) is 25.3 Å². The molecule has 0 atom stereocenters. The summed E-state index contributed by atoms with van der Waals surface area (Å²) in [6.45, 7) is 4.30. The van der Waals surface area contributed by atoms with Crippen LogP contribution in [-0.2, 0) is 0 Å². The minimum atomic E-state index is -0.487. The van der Waals surface area contributed by atoms with Gasteiger partial charge in [-0.2, -0.15) is 0 Å². The van der Waals surface area contributed by atoms with E-state index in [1.165, 1.54) is 29.0 Å². The predicted molar refractivity (Wildman–Crippen MR) is 152 cm³/mol. The van der Waals surface area contributed by atoms with Gasteiger partial charge >= 0.3 is 0 Å². The van der Waals surface area contributed by atoms with Gasteiger partial charge < -0.3 is 0 Å². The Balaban J connectivity index is 0.000000148. The molecule has 0 bridgehead atoms. The van der Waals surface area contributed by atoms with Gasteiger partial charge in [-0.3, -0.25) is 19.7 Å². The molecule has 0 fully saturated rings. The Morgan fingerprint density at radius 3 is 1.64 bits per heavy atom. The van der Waals surface area contributed by atoms with E-state index < -0.39 is 4.92 Å². The Morgan fingerprint density at radius 2 is 1.11 bits per heavy atom. The van der Waals surface area contributed by atoms with E-state index in [1.54, 1.807) is 29.5 Å². The second kappa shape index (κ2) is 9.60. The van der Waals surface area contributed by atoms with Crippen LogP contribution < -0.4 is 10.9 Å². The molecule has 0 saturated heterocycles. The van der Waals surface area contributed by atoms with Crippen molar-refractivity contribution in [1.29, 1.82) is 0 Å². The zero-order valence-corrected chi connectivity index (χ0v) is 21.2.